The fraction of sp³-hybridized carbons (Fsp3) is 0.818. The minimum Gasteiger partial charge on any atom is -0.480 e. The molecule has 0 aliphatic carbocycles. The molecule has 0 aromatic rings. The zero-order valence-electron chi connectivity index (χ0n) is 10.9. The first-order valence-corrected chi connectivity index (χ1v) is 9.39. The van der Waals surface area contributed by atoms with E-state index in [4.69, 9.17) is 5.11 Å². The molecule has 0 saturated carbocycles. The lowest BCUT2D eigenvalue weighted by molar-refractivity contribution is -0.143. The second-order valence-corrected chi connectivity index (χ2v) is 8.45. The van der Waals surface area contributed by atoms with Gasteiger partial charge in [0.1, 0.15) is 6.04 Å². The zero-order valence-corrected chi connectivity index (χ0v) is 12.6. The Balaban J connectivity index is 1.86. The topological polar surface area (TPSA) is 104 Å². The number of carboxylic acid groups (broad SMARTS) is 1. The van der Waals surface area contributed by atoms with Gasteiger partial charge in [-0.3, -0.25) is 14.5 Å². The van der Waals surface area contributed by atoms with Gasteiger partial charge in [-0.25, -0.2) is 8.42 Å². The summed E-state index contributed by atoms with van der Waals surface area (Å²) in [6, 6.07) is -0.984. The third-order valence-corrected chi connectivity index (χ3v) is 6.26. The predicted molar refractivity (Wildman–Crippen MR) is 75.5 cm³/mol. The summed E-state index contributed by atoms with van der Waals surface area (Å²) in [5.41, 5.74) is 0. The number of thioether (sulfide) groups is 1. The van der Waals surface area contributed by atoms with Crippen LogP contribution >= 0.6 is 11.8 Å². The molecule has 2 heterocycles. The molecular formula is C11H18N2O5S2. The van der Waals surface area contributed by atoms with Crippen molar-refractivity contribution in [2.24, 2.45) is 0 Å². The Labute approximate surface area is 122 Å². The lowest BCUT2D eigenvalue weighted by Gasteiger charge is -2.32. The van der Waals surface area contributed by atoms with Crippen LogP contribution in [0.1, 0.15) is 6.42 Å². The minimum atomic E-state index is -3.02. The van der Waals surface area contributed by atoms with Crippen LogP contribution in [-0.4, -0.2) is 78.5 Å². The van der Waals surface area contributed by atoms with Crippen LogP contribution in [-0.2, 0) is 19.4 Å². The Hall–Kier alpha value is -0.800. The Bertz CT molecular complexity index is 493. The van der Waals surface area contributed by atoms with Gasteiger partial charge < -0.3 is 10.4 Å². The molecule has 1 amide bonds. The molecule has 2 unspecified atom stereocenters. The number of nitrogens with zero attached hydrogens (tertiary/aromatic N) is 1. The van der Waals surface area contributed by atoms with Crippen LogP contribution in [0.25, 0.3) is 0 Å². The molecule has 9 heteroatoms. The van der Waals surface area contributed by atoms with Crippen molar-refractivity contribution < 1.29 is 23.1 Å². The number of nitrogens with one attached hydrogen (secondary N) is 1. The SMILES string of the molecule is O=C(CN1CCSCC1C(=O)O)NC1CCS(=O)(=O)C1. The Morgan fingerprint density at radius 1 is 1.40 bits per heavy atom. The maximum atomic E-state index is 11.9. The summed E-state index contributed by atoms with van der Waals surface area (Å²) < 4.78 is 22.6. The molecule has 2 fully saturated rings. The van der Waals surface area contributed by atoms with Crippen LogP contribution in [0.4, 0.5) is 0 Å². The normalized spacial score (nSPS) is 30.0. The van der Waals surface area contributed by atoms with Crippen molar-refractivity contribution in [3.8, 4) is 0 Å². The summed E-state index contributed by atoms with van der Waals surface area (Å²) in [7, 11) is -3.02. The van der Waals surface area contributed by atoms with E-state index in [-0.39, 0.29) is 30.0 Å². The van der Waals surface area contributed by atoms with E-state index in [9.17, 15) is 18.0 Å². The molecule has 2 N–H and O–H groups in total. The van der Waals surface area contributed by atoms with Crippen molar-refractivity contribution in [3.63, 3.8) is 0 Å². The van der Waals surface area contributed by atoms with E-state index >= 15 is 0 Å². The smallest absolute Gasteiger partial charge is 0.321 e. The number of hydrogen-bond donors (Lipinski definition) is 2. The molecular weight excluding hydrogens is 304 g/mol. The zero-order chi connectivity index (χ0) is 14.8. The third-order valence-electron chi connectivity index (χ3n) is 3.47. The number of aliphatic carboxylic acids is 1. The minimum absolute atomic E-state index is 0.00801. The quantitative estimate of drug-likeness (QED) is 0.669. The van der Waals surface area contributed by atoms with Gasteiger partial charge in [0.25, 0.3) is 0 Å². The highest BCUT2D eigenvalue weighted by molar-refractivity contribution is 7.99. The molecule has 2 atom stereocenters. The third kappa shape index (κ3) is 4.10. The molecule has 0 bridgehead atoms. The largest absolute Gasteiger partial charge is 0.480 e. The van der Waals surface area contributed by atoms with Gasteiger partial charge in [-0.05, 0) is 6.42 Å². The first-order valence-electron chi connectivity index (χ1n) is 6.42. The summed E-state index contributed by atoms with van der Waals surface area (Å²) in [5.74, 6) is 0.140. The van der Waals surface area contributed by atoms with Crippen LogP contribution in [0.2, 0.25) is 0 Å². The van der Waals surface area contributed by atoms with Gasteiger partial charge in [0.05, 0.1) is 18.1 Å². The predicted octanol–water partition coefficient (Wildman–Crippen LogP) is -1.21. The average Bonchev–Trinajstić information content (AvgIpc) is 2.68. The summed E-state index contributed by atoms with van der Waals surface area (Å²) in [4.78, 5) is 24.6. The van der Waals surface area contributed by atoms with Crippen LogP contribution in [0.3, 0.4) is 0 Å². The number of carbonyl (C=O) groups excluding carboxylic acids is 1. The van der Waals surface area contributed by atoms with E-state index in [2.05, 4.69) is 5.32 Å². The number of rotatable bonds is 4. The molecule has 2 aliphatic rings. The standard InChI is InChI=1S/C11H18N2O5S2/c14-10(12-8-1-4-20(17,18)7-8)5-13-2-3-19-6-9(13)11(15)16/h8-9H,1-7H2,(H,12,14)(H,15,16). The van der Waals surface area contributed by atoms with Crippen molar-refractivity contribution in [2.45, 2.75) is 18.5 Å². The summed E-state index contributed by atoms with van der Waals surface area (Å²) in [6.07, 6.45) is 0.437. The second kappa shape index (κ2) is 6.31. The molecule has 0 radical (unpaired) electrons. The van der Waals surface area contributed by atoms with E-state index in [1.165, 1.54) is 0 Å². The first kappa shape index (κ1) is 15.6. The number of hydrogen-bond acceptors (Lipinski definition) is 6. The van der Waals surface area contributed by atoms with Crippen molar-refractivity contribution in [1.82, 2.24) is 10.2 Å². The van der Waals surface area contributed by atoms with Crippen LogP contribution in [0.5, 0.6) is 0 Å². The lowest BCUT2D eigenvalue weighted by Crippen LogP contribution is -2.52. The number of amides is 1. The molecule has 0 spiro atoms. The molecule has 7 nitrogen and oxygen atoms in total. The maximum Gasteiger partial charge on any atom is 0.321 e. The monoisotopic (exact) mass is 322 g/mol. The Morgan fingerprint density at radius 3 is 2.75 bits per heavy atom. The molecule has 0 aromatic carbocycles. The average molecular weight is 322 g/mol. The summed E-state index contributed by atoms with van der Waals surface area (Å²) in [6.45, 7) is 0.562. The van der Waals surface area contributed by atoms with Crippen molar-refractivity contribution in [3.05, 3.63) is 0 Å². The molecule has 2 rings (SSSR count). The van der Waals surface area contributed by atoms with Gasteiger partial charge in [-0.15, -0.1) is 0 Å². The van der Waals surface area contributed by atoms with E-state index in [1.807, 2.05) is 0 Å². The highest BCUT2D eigenvalue weighted by Crippen LogP contribution is 2.16. The maximum absolute atomic E-state index is 11.9. The van der Waals surface area contributed by atoms with Gasteiger partial charge in [0, 0.05) is 24.1 Å². The highest BCUT2D eigenvalue weighted by atomic mass is 32.2. The summed E-state index contributed by atoms with van der Waals surface area (Å²) >= 11 is 1.56. The molecule has 20 heavy (non-hydrogen) atoms. The number of carbonyl (C=O) groups is 2. The molecule has 2 saturated heterocycles. The Morgan fingerprint density at radius 2 is 2.15 bits per heavy atom. The molecule has 0 aromatic heterocycles. The molecule has 2 aliphatic heterocycles. The van der Waals surface area contributed by atoms with Crippen LogP contribution in [0, 0.1) is 0 Å². The second-order valence-electron chi connectivity index (χ2n) is 5.07. The van der Waals surface area contributed by atoms with Gasteiger partial charge in [0.2, 0.25) is 5.91 Å². The van der Waals surface area contributed by atoms with Crippen LogP contribution < -0.4 is 5.32 Å². The first-order chi connectivity index (χ1) is 9.37. The van der Waals surface area contributed by atoms with Crippen molar-refractivity contribution in [1.29, 1.82) is 0 Å². The van der Waals surface area contributed by atoms with Gasteiger partial charge >= 0.3 is 5.97 Å². The highest BCUT2D eigenvalue weighted by Gasteiger charge is 2.32. The molecule has 114 valence electrons. The van der Waals surface area contributed by atoms with Gasteiger partial charge in [0.15, 0.2) is 9.84 Å². The fourth-order valence-electron chi connectivity index (χ4n) is 2.42. The van der Waals surface area contributed by atoms with E-state index in [0.717, 1.165) is 5.75 Å². The fourth-order valence-corrected chi connectivity index (χ4v) is 5.20. The van der Waals surface area contributed by atoms with Crippen molar-refractivity contribution in [2.75, 3.05) is 36.1 Å². The van der Waals surface area contributed by atoms with Crippen molar-refractivity contribution >= 4 is 33.5 Å². The Kier molecular flexibility index (Phi) is 4.92. The lowest BCUT2D eigenvalue weighted by atomic mass is 10.2. The van der Waals surface area contributed by atoms with E-state index in [1.54, 1.807) is 16.7 Å². The van der Waals surface area contributed by atoms with E-state index in [0.29, 0.717) is 18.7 Å². The van der Waals surface area contributed by atoms with Gasteiger partial charge in [-0.1, -0.05) is 0 Å². The summed E-state index contributed by atoms with van der Waals surface area (Å²) in [5, 5.41) is 11.8. The number of sulfone groups is 1. The van der Waals surface area contributed by atoms with E-state index < -0.39 is 21.8 Å². The number of carboxylic acids is 1. The van der Waals surface area contributed by atoms with Gasteiger partial charge in [-0.2, -0.15) is 11.8 Å². The van der Waals surface area contributed by atoms with Crippen LogP contribution in [0.15, 0.2) is 0 Å².